The van der Waals surface area contributed by atoms with Gasteiger partial charge in [0, 0.05) is 33.5 Å². The van der Waals surface area contributed by atoms with Crippen molar-refractivity contribution in [2.45, 2.75) is 5.75 Å². The highest BCUT2D eigenvalue weighted by atomic mass is 35.5. The Balaban J connectivity index is 2.27. The predicted octanol–water partition coefficient (Wildman–Crippen LogP) is 3.75. The molecule has 7 heteroatoms. The van der Waals surface area contributed by atoms with E-state index in [1.54, 1.807) is 0 Å². The Kier molecular flexibility index (Phi) is 5.26. The number of amides is 1. The van der Waals surface area contributed by atoms with E-state index in [1.165, 1.54) is 30.5 Å². The van der Waals surface area contributed by atoms with Crippen molar-refractivity contribution in [3.8, 4) is 0 Å². The summed E-state index contributed by atoms with van der Waals surface area (Å²) in [6.07, 6.45) is 1.52. The maximum absolute atomic E-state index is 13.6. The zero-order valence-corrected chi connectivity index (χ0v) is 13.1. The lowest BCUT2D eigenvalue weighted by molar-refractivity contribution is 0.101. The van der Waals surface area contributed by atoms with Crippen LogP contribution in [0.5, 0.6) is 0 Å². The third kappa shape index (κ3) is 3.90. The molecule has 1 N–H and O–H groups in total. The minimum absolute atomic E-state index is 0.219. The summed E-state index contributed by atoms with van der Waals surface area (Å²) < 4.78 is 38.4. The van der Waals surface area contributed by atoms with E-state index in [2.05, 4.69) is 5.32 Å². The van der Waals surface area contributed by atoms with Crippen LogP contribution in [-0.2, 0) is 16.6 Å². The lowest BCUT2D eigenvalue weighted by Crippen LogP contribution is -2.16. The molecule has 1 atom stereocenters. The second-order valence-electron chi connectivity index (χ2n) is 4.57. The van der Waals surface area contributed by atoms with Gasteiger partial charge in [0.25, 0.3) is 5.91 Å². The molecule has 0 aliphatic heterocycles. The smallest absolute Gasteiger partial charge is 0.261 e. The first kappa shape index (κ1) is 16.6. The van der Waals surface area contributed by atoms with Gasteiger partial charge < -0.3 is 5.32 Å². The van der Waals surface area contributed by atoms with Gasteiger partial charge in [0.05, 0.1) is 0 Å². The highest BCUT2D eigenvalue weighted by Crippen LogP contribution is 2.23. The fourth-order valence-electron chi connectivity index (χ4n) is 1.89. The summed E-state index contributed by atoms with van der Waals surface area (Å²) in [5.41, 5.74) is 0.241. The van der Waals surface area contributed by atoms with Crippen molar-refractivity contribution in [2.24, 2.45) is 0 Å². The highest BCUT2D eigenvalue weighted by Gasteiger charge is 2.17. The second-order valence-corrected chi connectivity index (χ2v) is 6.42. The van der Waals surface area contributed by atoms with Gasteiger partial charge in [-0.25, -0.2) is 8.78 Å². The number of hydrogen-bond acceptors (Lipinski definition) is 2. The average molecular weight is 344 g/mol. The molecule has 0 unspecified atom stereocenters. The molecule has 2 aromatic rings. The van der Waals surface area contributed by atoms with Crippen LogP contribution in [0.1, 0.15) is 15.9 Å². The molecule has 0 bridgehead atoms. The lowest BCUT2D eigenvalue weighted by atomic mass is 10.1. The van der Waals surface area contributed by atoms with E-state index < -0.39 is 33.9 Å². The van der Waals surface area contributed by atoms with Gasteiger partial charge in [0.1, 0.15) is 17.2 Å². The first-order valence-corrected chi connectivity index (χ1v) is 8.33. The van der Waals surface area contributed by atoms with Gasteiger partial charge in [-0.15, -0.1) is 0 Å². The summed E-state index contributed by atoms with van der Waals surface area (Å²) in [7, 11) is -1.11. The number of nitrogens with one attached hydrogen (secondary N) is 1. The van der Waals surface area contributed by atoms with Crippen LogP contribution in [0.15, 0.2) is 36.4 Å². The minimum atomic E-state index is -1.11. The minimum Gasteiger partial charge on any atom is -0.322 e. The molecule has 0 saturated heterocycles. The summed E-state index contributed by atoms with van der Waals surface area (Å²) in [5, 5.41) is 2.81. The first-order chi connectivity index (χ1) is 10.4. The van der Waals surface area contributed by atoms with Crippen molar-refractivity contribution in [1.29, 1.82) is 0 Å². The van der Waals surface area contributed by atoms with E-state index in [0.29, 0.717) is 16.3 Å². The van der Waals surface area contributed by atoms with Crippen LogP contribution >= 0.6 is 11.6 Å². The molecule has 0 aliphatic rings. The average Bonchev–Trinajstić information content (AvgIpc) is 2.42. The van der Waals surface area contributed by atoms with E-state index >= 15 is 0 Å². The van der Waals surface area contributed by atoms with Gasteiger partial charge in [0.15, 0.2) is 0 Å². The van der Waals surface area contributed by atoms with Crippen LogP contribution < -0.4 is 5.32 Å². The van der Waals surface area contributed by atoms with Crippen LogP contribution in [0.2, 0.25) is 5.02 Å². The Morgan fingerprint density at radius 3 is 2.45 bits per heavy atom. The molecule has 0 heterocycles. The van der Waals surface area contributed by atoms with Gasteiger partial charge in [-0.1, -0.05) is 17.7 Å². The Bertz CT molecular complexity index is 732. The molecule has 0 saturated carbocycles. The largest absolute Gasteiger partial charge is 0.322 e. The van der Waals surface area contributed by atoms with E-state index in [1.807, 2.05) is 0 Å². The van der Waals surface area contributed by atoms with Crippen LogP contribution in [0.4, 0.5) is 14.5 Å². The molecule has 0 aromatic heterocycles. The monoisotopic (exact) mass is 343 g/mol. The number of carbonyl (C=O) groups is 1. The topological polar surface area (TPSA) is 46.2 Å². The normalized spacial score (nSPS) is 12.0. The van der Waals surface area contributed by atoms with Gasteiger partial charge in [-0.2, -0.15) is 0 Å². The first-order valence-electron chi connectivity index (χ1n) is 6.22. The summed E-state index contributed by atoms with van der Waals surface area (Å²) in [6.45, 7) is 0. The van der Waals surface area contributed by atoms with Crippen LogP contribution in [0.3, 0.4) is 0 Å². The maximum Gasteiger partial charge on any atom is 0.261 e. The van der Waals surface area contributed by atoms with Gasteiger partial charge >= 0.3 is 0 Å². The lowest BCUT2D eigenvalue weighted by Gasteiger charge is -2.09. The predicted molar refractivity (Wildman–Crippen MR) is 83.5 cm³/mol. The zero-order valence-electron chi connectivity index (χ0n) is 11.5. The molecule has 0 radical (unpaired) electrons. The van der Waals surface area contributed by atoms with Crippen molar-refractivity contribution in [3.63, 3.8) is 0 Å². The molecule has 116 valence electrons. The molecule has 22 heavy (non-hydrogen) atoms. The summed E-state index contributed by atoms with van der Waals surface area (Å²) >= 11 is 5.98. The molecule has 0 aliphatic carbocycles. The van der Waals surface area contributed by atoms with Gasteiger partial charge in [0.2, 0.25) is 0 Å². The third-order valence-corrected chi connectivity index (χ3v) is 3.94. The molecular formula is C15H12ClF2NO2S. The van der Waals surface area contributed by atoms with Crippen molar-refractivity contribution in [2.75, 3.05) is 11.6 Å². The van der Waals surface area contributed by atoms with E-state index in [0.717, 1.165) is 12.1 Å². The standard InChI is InChI=1S/C15H12ClF2NO2S/c1-22(21)8-9-7-10(5-6-11(9)16)19-15(20)14-12(17)3-2-4-13(14)18/h2-7H,8H2,1H3,(H,19,20)/t22-/m0/s1. The SMILES string of the molecule is C[S@](=O)Cc1cc(NC(=O)c2c(F)cccc2F)ccc1Cl. The number of carbonyl (C=O) groups excluding carboxylic acids is 1. The van der Waals surface area contributed by atoms with Gasteiger partial charge in [-0.3, -0.25) is 9.00 Å². The Morgan fingerprint density at radius 2 is 1.86 bits per heavy atom. The quantitative estimate of drug-likeness (QED) is 0.919. The van der Waals surface area contributed by atoms with Crippen molar-refractivity contribution in [3.05, 3.63) is 64.2 Å². The van der Waals surface area contributed by atoms with Crippen molar-refractivity contribution < 1.29 is 17.8 Å². The number of halogens is 3. The number of benzene rings is 2. The summed E-state index contributed by atoms with van der Waals surface area (Å²) in [5.74, 6) is -2.57. The zero-order chi connectivity index (χ0) is 16.3. The molecule has 0 fully saturated rings. The fourth-order valence-corrected chi connectivity index (χ4v) is 2.83. The van der Waals surface area contributed by atoms with E-state index in [4.69, 9.17) is 11.6 Å². The molecule has 2 rings (SSSR count). The molecular weight excluding hydrogens is 332 g/mol. The van der Waals surface area contributed by atoms with E-state index in [-0.39, 0.29) is 5.75 Å². The van der Waals surface area contributed by atoms with Crippen LogP contribution in [0, 0.1) is 11.6 Å². The van der Waals surface area contributed by atoms with Crippen molar-refractivity contribution >= 4 is 34.0 Å². The summed E-state index contributed by atoms with van der Waals surface area (Å²) in [6, 6.07) is 7.74. The Labute approximate surface area is 133 Å². The van der Waals surface area contributed by atoms with Crippen molar-refractivity contribution in [1.82, 2.24) is 0 Å². The van der Waals surface area contributed by atoms with Crippen LogP contribution in [-0.4, -0.2) is 16.4 Å². The third-order valence-electron chi connectivity index (χ3n) is 2.85. The number of anilines is 1. The fraction of sp³-hybridized carbons (Fsp3) is 0.133. The number of hydrogen-bond donors (Lipinski definition) is 1. The maximum atomic E-state index is 13.6. The number of rotatable bonds is 4. The molecule has 3 nitrogen and oxygen atoms in total. The summed E-state index contributed by atoms with van der Waals surface area (Å²) in [4.78, 5) is 12.0. The van der Waals surface area contributed by atoms with E-state index in [9.17, 15) is 17.8 Å². The second kappa shape index (κ2) is 6.98. The molecule has 1 amide bonds. The highest BCUT2D eigenvalue weighted by molar-refractivity contribution is 7.83. The Hall–Kier alpha value is -1.79. The Morgan fingerprint density at radius 1 is 1.23 bits per heavy atom. The molecule has 2 aromatic carbocycles. The molecule has 0 spiro atoms. The van der Waals surface area contributed by atoms with Gasteiger partial charge in [-0.05, 0) is 35.9 Å². The van der Waals surface area contributed by atoms with Crippen LogP contribution in [0.25, 0.3) is 0 Å².